The summed E-state index contributed by atoms with van der Waals surface area (Å²) in [6.07, 6.45) is 2.41. The van der Waals surface area contributed by atoms with Gasteiger partial charge in [0.1, 0.15) is 11.4 Å². The number of anilines is 1. The van der Waals surface area contributed by atoms with Crippen molar-refractivity contribution >= 4 is 5.69 Å². The van der Waals surface area contributed by atoms with Gasteiger partial charge in [-0.1, -0.05) is 0 Å². The van der Waals surface area contributed by atoms with Gasteiger partial charge in [0.05, 0.1) is 26.9 Å². The van der Waals surface area contributed by atoms with Gasteiger partial charge in [-0.2, -0.15) is 0 Å². The number of hydrogen-bond acceptors (Lipinski definition) is 6. The maximum absolute atomic E-state index is 6.17. The molecule has 4 rings (SSSR count). The lowest BCUT2D eigenvalue weighted by atomic mass is 9.97. The number of nitrogens with zero attached hydrogens (tertiary/aromatic N) is 2. The van der Waals surface area contributed by atoms with E-state index in [1.54, 1.807) is 7.11 Å². The molecule has 3 aliphatic heterocycles. The van der Waals surface area contributed by atoms with Gasteiger partial charge >= 0.3 is 0 Å². The van der Waals surface area contributed by atoms with E-state index in [1.807, 2.05) is 12.1 Å². The fourth-order valence-electron chi connectivity index (χ4n) is 4.43. The molecule has 0 aliphatic carbocycles. The van der Waals surface area contributed by atoms with E-state index in [-0.39, 0.29) is 5.60 Å². The summed E-state index contributed by atoms with van der Waals surface area (Å²) in [5.41, 5.74) is 1.13. The predicted molar refractivity (Wildman–Crippen MR) is 102 cm³/mol. The van der Waals surface area contributed by atoms with Gasteiger partial charge in [-0.25, -0.2) is 0 Å². The second-order valence-corrected chi connectivity index (χ2v) is 7.65. The zero-order valence-electron chi connectivity index (χ0n) is 15.8. The largest absolute Gasteiger partial charge is 0.497 e. The molecular formula is C20H31N3O3. The number of rotatable bonds is 3. The molecule has 26 heavy (non-hydrogen) atoms. The van der Waals surface area contributed by atoms with Gasteiger partial charge in [0, 0.05) is 51.0 Å². The average Bonchev–Trinajstić information content (AvgIpc) is 2.93. The standard InChI is InChI=1S/C20H31N3O3/c1-24-19-4-2-17(3-5-19)22-9-6-18(7-10-22)23-11-13-26-20(15-23)14-21-8-12-25-16-20/h2-5,18,21H,6-16H2,1H3/t20-/m1/s1. The molecule has 0 radical (unpaired) electrons. The molecule has 1 spiro atoms. The molecule has 0 amide bonds. The van der Waals surface area contributed by atoms with Crippen LogP contribution in [0.25, 0.3) is 0 Å². The molecule has 0 unspecified atom stereocenters. The van der Waals surface area contributed by atoms with E-state index in [9.17, 15) is 0 Å². The van der Waals surface area contributed by atoms with Crippen LogP contribution in [0.4, 0.5) is 5.69 Å². The number of morpholine rings is 1. The second kappa shape index (κ2) is 8.13. The number of piperidine rings is 1. The van der Waals surface area contributed by atoms with Crippen molar-refractivity contribution in [2.24, 2.45) is 0 Å². The molecule has 0 aromatic heterocycles. The molecule has 0 bridgehead atoms. The summed E-state index contributed by atoms with van der Waals surface area (Å²) in [5.74, 6) is 0.918. The molecule has 1 aromatic carbocycles. The highest BCUT2D eigenvalue weighted by molar-refractivity contribution is 5.49. The molecule has 6 nitrogen and oxygen atoms in total. The van der Waals surface area contributed by atoms with Gasteiger partial charge in [-0.05, 0) is 37.1 Å². The minimum Gasteiger partial charge on any atom is -0.497 e. The van der Waals surface area contributed by atoms with Gasteiger partial charge in [0.2, 0.25) is 0 Å². The van der Waals surface area contributed by atoms with Crippen molar-refractivity contribution in [3.8, 4) is 5.75 Å². The minimum atomic E-state index is -0.165. The third-order valence-corrected chi connectivity index (χ3v) is 5.93. The Labute approximate surface area is 156 Å². The van der Waals surface area contributed by atoms with Crippen LogP contribution < -0.4 is 15.0 Å². The van der Waals surface area contributed by atoms with Crippen molar-refractivity contribution in [3.63, 3.8) is 0 Å². The molecule has 3 heterocycles. The predicted octanol–water partition coefficient (Wildman–Crippen LogP) is 1.35. The number of nitrogens with one attached hydrogen (secondary N) is 1. The summed E-state index contributed by atoms with van der Waals surface area (Å²) in [5, 5.41) is 3.47. The number of hydrogen-bond donors (Lipinski definition) is 1. The molecule has 3 saturated heterocycles. The number of benzene rings is 1. The van der Waals surface area contributed by atoms with E-state index in [0.29, 0.717) is 12.6 Å². The zero-order chi connectivity index (χ0) is 17.8. The minimum absolute atomic E-state index is 0.165. The first-order valence-corrected chi connectivity index (χ1v) is 9.83. The SMILES string of the molecule is COc1ccc(N2CCC(N3CCO[C@]4(CNCCOC4)C3)CC2)cc1. The monoisotopic (exact) mass is 361 g/mol. The Kier molecular flexibility index (Phi) is 5.64. The summed E-state index contributed by atoms with van der Waals surface area (Å²) < 4.78 is 17.2. The zero-order valence-corrected chi connectivity index (χ0v) is 15.8. The fourth-order valence-corrected chi connectivity index (χ4v) is 4.43. The Hall–Kier alpha value is -1.34. The first-order valence-electron chi connectivity index (χ1n) is 9.83. The van der Waals surface area contributed by atoms with Crippen LogP contribution in [-0.4, -0.2) is 82.7 Å². The molecule has 3 aliphatic rings. The Morgan fingerprint density at radius 1 is 1.12 bits per heavy atom. The molecule has 0 saturated carbocycles. The summed E-state index contributed by atoms with van der Waals surface area (Å²) in [6.45, 7) is 8.35. The Balaban J connectivity index is 1.33. The third kappa shape index (κ3) is 3.98. The molecular weight excluding hydrogens is 330 g/mol. The topological polar surface area (TPSA) is 46.2 Å². The second-order valence-electron chi connectivity index (χ2n) is 7.65. The van der Waals surface area contributed by atoms with E-state index >= 15 is 0 Å². The van der Waals surface area contributed by atoms with Gasteiger partial charge in [0.25, 0.3) is 0 Å². The van der Waals surface area contributed by atoms with Gasteiger partial charge < -0.3 is 24.4 Å². The lowest BCUT2D eigenvalue weighted by Crippen LogP contribution is -2.61. The lowest BCUT2D eigenvalue weighted by Gasteiger charge is -2.47. The van der Waals surface area contributed by atoms with Crippen molar-refractivity contribution in [1.29, 1.82) is 0 Å². The van der Waals surface area contributed by atoms with Crippen LogP contribution in [0, 0.1) is 0 Å². The van der Waals surface area contributed by atoms with Crippen molar-refractivity contribution in [2.45, 2.75) is 24.5 Å². The van der Waals surface area contributed by atoms with E-state index in [4.69, 9.17) is 14.2 Å². The summed E-state index contributed by atoms with van der Waals surface area (Å²) in [6, 6.07) is 9.07. The molecule has 3 fully saturated rings. The number of methoxy groups -OCH3 is 1. The summed E-state index contributed by atoms with van der Waals surface area (Å²) in [4.78, 5) is 5.13. The first-order chi connectivity index (χ1) is 12.8. The quantitative estimate of drug-likeness (QED) is 0.877. The van der Waals surface area contributed by atoms with Crippen LogP contribution in [0.15, 0.2) is 24.3 Å². The highest BCUT2D eigenvalue weighted by Crippen LogP contribution is 2.28. The van der Waals surface area contributed by atoms with Crippen molar-refractivity contribution in [3.05, 3.63) is 24.3 Å². The lowest BCUT2D eigenvalue weighted by molar-refractivity contribution is -0.142. The van der Waals surface area contributed by atoms with Crippen LogP contribution in [0.1, 0.15) is 12.8 Å². The summed E-state index contributed by atoms with van der Waals surface area (Å²) in [7, 11) is 1.71. The van der Waals surface area contributed by atoms with Crippen LogP contribution in [-0.2, 0) is 9.47 Å². The van der Waals surface area contributed by atoms with Crippen molar-refractivity contribution in [1.82, 2.24) is 10.2 Å². The van der Waals surface area contributed by atoms with Crippen molar-refractivity contribution in [2.75, 3.05) is 71.1 Å². The average molecular weight is 361 g/mol. The highest BCUT2D eigenvalue weighted by atomic mass is 16.5. The van der Waals surface area contributed by atoms with Crippen LogP contribution in [0.2, 0.25) is 0 Å². The third-order valence-electron chi connectivity index (χ3n) is 5.93. The van der Waals surface area contributed by atoms with Gasteiger partial charge in [-0.3, -0.25) is 4.90 Å². The van der Waals surface area contributed by atoms with Crippen molar-refractivity contribution < 1.29 is 14.2 Å². The Morgan fingerprint density at radius 3 is 2.69 bits per heavy atom. The van der Waals surface area contributed by atoms with E-state index in [2.05, 4.69) is 27.2 Å². The van der Waals surface area contributed by atoms with Crippen LogP contribution >= 0.6 is 0 Å². The Morgan fingerprint density at radius 2 is 1.92 bits per heavy atom. The van der Waals surface area contributed by atoms with Gasteiger partial charge in [0.15, 0.2) is 0 Å². The summed E-state index contributed by atoms with van der Waals surface area (Å²) >= 11 is 0. The maximum Gasteiger partial charge on any atom is 0.119 e. The molecule has 144 valence electrons. The first kappa shape index (κ1) is 18.0. The van der Waals surface area contributed by atoms with Crippen LogP contribution in [0.3, 0.4) is 0 Å². The van der Waals surface area contributed by atoms with Crippen LogP contribution in [0.5, 0.6) is 5.75 Å². The van der Waals surface area contributed by atoms with E-state index in [0.717, 1.165) is 58.2 Å². The van der Waals surface area contributed by atoms with E-state index in [1.165, 1.54) is 18.5 Å². The fraction of sp³-hybridized carbons (Fsp3) is 0.700. The molecule has 1 N–H and O–H groups in total. The number of ether oxygens (including phenoxy) is 3. The Bertz CT molecular complexity index is 564. The smallest absolute Gasteiger partial charge is 0.119 e. The molecule has 6 heteroatoms. The highest BCUT2D eigenvalue weighted by Gasteiger charge is 2.40. The normalized spacial score (nSPS) is 28.9. The molecule has 1 aromatic rings. The van der Waals surface area contributed by atoms with E-state index < -0.39 is 0 Å². The molecule has 1 atom stereocenters. The maximum atomic E-state index is 6.17. The van der Waals surface area contributed by atoms with Gasteiger partial charge in [-0.15, -0.1) is 0 Å².